The van der Waals surface area contributed by atoms with Crippen molar-refractivity contribution in [2.75, 3.05) is 20.8 Å². The highest BCUT2D eigenvalue weighted by Crippen LogP contribution is 2.30. The van der Waals surface area contributed by atoms with Gasteiger partial charge in [-0.05, 0) is 66.5 Å². The van der Waals surface area contributed by atoms with Crippen molar-refractivity contribution in [1.82, 2.24) is 35.8 Å². The molecule has 12 nitrogen and oxygen atoms in total. The van der Waals surface area contributed by atoms with Gasteiger partial charge in [-0.1, -0.05) is 0 Å². The standard InChI is InChI=1S/C20H23N7O5S/c1-4-32-14-6-8-15(9-7-14)33-25-20(29)23-21-18(28)12-27-24-19(22-26-27)13-5-10-16(30-2)17(11-13)31-3/h5-11H,4,12H2,1-3H3,(H,21,28)(H2,23,25,29). The highest BCUT2D eigenvalue weighted by atomic mass is 32.2. The Hall–Kier alpha value is -4.00. The normalized spacial score (nSPS) is 10.3. The highest BCUT2D eigenvalue weighted by Gasteiger charge is 2.13. The minimum absolute atomic E-state index is 0.243. The van der Waals surface area contributed by atoms with E-state index < -0.39 is 11.9 Å². The minimum Gasteiger partial charge on any atom is -0.494 e. The molecule has 0 saturated heterocycles. The fraction of sp³-hybridized carbons (Fsp3) is 0.250. The van der Waals surface area contributed by atoms with Crippen LogP contribution in [0.2, 0.25) is 0 Å². The lowest BCUT2D eigenvalue weighted by Crippen LogP contribution is -2.46. The Labute approximate surface area is 194 Å². The van der Waals surface area contributed by atoms with Gasteiger partial charge in [0.2, 0.25) is 5.82 Å². The number of amides is 3. The van der Waals surface area contributed by atoms with Crippen LogP contribution in [0.3, 0.4) is 0 Å². The zero-order valence-corrected chi connectivity index (χ0v) is 19.0. The summed E-state index contributed by atoms with van der Waals surface area (Å²) < 4.78 is 18.4. The molecule has 0 radical (unpaired) electrons. The van der Waals surface area contributed by atoms with Crippen LogP contribution in [0, 0.1) is 0 Å². The van der Waals surface area contributed by atoms with Crippen molar-refractivity contribution in [3.63, 3.8) is 0 Å². The van der Waals surface area contributed by atoms with Crippen molar-refractivity contribution in [1.29, 1.82) is 0 Å². The molecule has 13 heteroatoms. The van der Waals surface area contributed by atoms with Gasteiger partial charge in [0.15, 0.2) is 11.5 Å². The minimum atomic E-state index is -0.597. The summed E-state index contributed by atoms with van der Waals surface area (Å²) in [5, 5.41) is 12.0. The van der Waals surface area contributed by atoms with E-state index in [4.69, 9.17) is 14.2 Å². The molecular formula is C20H23N7O5S. The van der Waals surface area contributed by atoms with Gasteiger partial charge in [-0.25, -0.2) is 10.2 Å². The van der Waals surface area contributed by atoms with E-state index in [0.717, 1.165) is 27.4 Å². The lowest BCUT2D eigenvalue weighted by atomic mass is 10.2. The molecule has 0 aliphatic heterocycles. The zero-order chi connectivity index (χ0) is 23.6. The fourth-order valence-corrected chi connectivity index (χ4v) is 3.13. The molecule has 3 rings (SSSR count). The predicted molar refractivity (Wildman–Crippen MR) is 120 cm³/mol. The molecule has 33 heavy (non-hydrogen) atoms. The van der Waals surface area contributed by atoms with Crippen LogP contribution in [0.25, 0.3) is 11.4 Å². The lowest BCUT2D eigenvalue weighted by molar-refractivity contribution is -0.122. The van der Waals surface area contributed by atoms with Crippen molar-refractivity contribution in [2.45, 2.75) is 18.4 Å². The number of carbonyl (C=O) groups excluding carboxylic acids is 2. The lowest BCUT2D eigenvalue weighted by Gasteiger charge is -2.08. The van der Waals surface area contributed by atoms with Gasteiger partial charge in [0, 0.05) is 10.5 Å². The molecule has 0 bridgehead atoms. The maximum absolute atomic E-state index is 12.1. The predicted octanol–water partition coefficient (Wildman–Crippen LogP) is 1.79. The number of hydrogen-bond donors (Lipinski definition) is 3. The Morgan fingerprint density at radius 1 is 1.03 bits per heavy atom. The number of urea groups is 1. The van der Waals surface area contributed by atoms with Gasteiger partial charge in [0.05, 0.1) is 20.8 Å². The number of nitrogens with zero attached hydrogens (tertiary/aromatic N) is 4. The SMILES string of the molecule is CCOc1ccc(SNC(=O)NNC(=O)Cn2nnc(-c3ccc(OC)c(OC)c3)n2)cc1. The smallest absolute Gasteiger partial charge is 0.343 e. The summed E-state index contributed by atoms with van der Waals surface area (Å²) in [5.41, 5.74) is 5.17. The number of hydrogen-bond acceptors (Lipinski definition) is 9. The van der Waals surface area contributed by atoms with Gasteiger partial charge in [-0.15, -0.1) is 10.2 Å². The molecule has 1 heterocycles. The van der Waals surface area contributed by atoms with E-state index in [-0.39, 0.29) is 6.54 Å². The van der Waals surface area contributed by atoms with E-state index in [1.54, 1.807) is 42.5 Å². The number of rotatable bonds is 9. The van der Waals surface area contributed by atoms with Crippen LogP contribution in [0.5, 0.6) is 17.2 Å². The van der Waals surface area contributed by atoms with Crippen molar-refractivity contribution in [2.24, 2.45) is 0 Å². The summed E-state index contributed by atoms with van der Waals surface area (Å²) in [7, 11) is 3.06. The number of aromatic nitrogens is 4. The molecule has 0 atom stereocenters. The first-order chi connectivity index (χ1) is 16.0. The van der Waals surface area contributed by atoms with Crippen LogP contribution < -0.4 is 29.8 Å². The molecule has 3 amide bonds. The summed E-state index contributed by atoms with van der Waals surface area (Å²) in [6.45, 7) is 2.24. The quantitative estimate of drug-likeness (QED) is 0.313. The highest BCUT2D eigenvalue weighted by molar-refractivity contribution is 7.98. The molecule has 174 valence electrons. The molecule has 0 unspecified atom stereocenters. The molecule has 2 aromatic carbocycles. The third kappa shape index (κ3) is 6.74. The van der Waals surface area contributed by atoms with E-state index in [9.17, 15) is 9.59 Å². The molecule has 3 N–H and O–H groups in total. The Morgan fingerprint density at radius 2 is 1.79 bits per heavy atom. The van der Waals surface area contributed by atoms with E-state index >= 15 is 0 Å². The molecule has 0 aliphatic carbocycles. The number of benzene rings is 2. The van der Waals surface area contributed by atoms with Crippen molar-refractivity contribution < 1.29 is 23.8 Å². The summed E-state index contributed by atoms with van der Waals surface area (Å²) >= 11 is 1.09. The molecule has 1 aromatic heterocycles. The fourth-order valence-electron chi connectivity index (χ4n) is 2.60. The summed E-state index contributed by atoms with van der Waals surface area (Å²) in [6.07, 6.45) is 0. The van der Waals surface area contributed by atoms with Gasteiger partial charge < -0.3 is 14.2 Å². The number of tetrazole rings is 1. The largest absolute Gasteiger partial charge is 0.494 e. The van der Waals surface area contributed by atoms with Crippen molar-refractivity contribution >= 4 is 23.9 Å². The van der Waals surface area contributed by atoms with Gasteiger partial charge in [0.1, 0.15) is 12.3 Å². The van der Waals surface area contributed by atoms with Crippen LogP contribution in [-0.2, 0) is 11.3 Å². The van der Waals surface area contributed by atoms with E-state index in [1.165, 1.54) is 14.2 Å². The van der Waals surface area contributed by atoms with Crippen molar-refractivity contribution in [3.05, 3.63) is 42.5 Å². The Balaban J connectivity index is 1.45. The Morgan fingerprint density at radius 3 is 2.48 bits per heavy atom. The van der Waals surface area contributed by atoms with E-state index in [2.05, 4.69) is 31.0 Å². The Kier molecular flexibility index (Phi) is 8.30. The van der Waals surface area contributed by atoms with Gasteiger partial charge >= 0.3 is 6.03 Å². The maximum atomic E-state index is 12.1. The van der Waals surface area contributed by atoms with Gasteiger partial charge in [-0.3, -0.25) is 14.9 Å². The summed E-state index contributed by atoms with van der Waals surface area (Å²) in [6, 6.07) is 11.8. The van der Waals surface area contributed by atoms with E-state index in [1.807, 2.05) is 6.92 Å². The van der Waals surface area contributed by atoms with Crippen molar-refractivity contribution in [3.8, 4) is 28.6 Å². The maximum Gasteiger partial charge on any atom is 0.343 e. The monoisotopic (exact) mass is 473 g/mol. The molecular weight excluding hydrogens is 450 g/mol. The molecule has 0 spiro atoms. The number of methoxy groups -OCH3 is 2. The third-order valence-corrected chi connectivity index (χ3v) is 4.89. The second-order valence-corrected chi connectivity index (χ2v) is 7.20. The number of carbonyl (C=O) groups is 2. The van der Waals surface area contributed by atoms with E-state index in [0.29, 0.717) is 29.5 Å². The summed E-state index contributed by atoms with van der Waals surface area (Å²) in [4.78, 5) is 25.9. The number of nitrogens with one attached hydrogen (secondary N) is 3. The first-order valence-corrected chi connectivity index (χ1v) is 10.6. The second-order valence-electron chi connectivity index (χ2n) is 6.32. The van der Waals surface area contributed by atoms with Gasteiger partial charge in [0.25, 0.3) is 5.91 Å². The molecule has 0 fully saturated rings. The van der Waals surface area contributed by atoms with Crippen LogP contribution in [0.15, 0.2) is 47.4 Å². The number of ether oxygens (including phenoxy) is 3. The Bertz CT molecular complexity index is 1090. The molecule has 3 aromatic rings. The molecule has 0 aliphatic rings. The number of hydrazine groups is 1. The average molecular weight is 474 g/mol. The molecule has 0 saturated carbocycles. The summed E-state index contributed by atoms with van der Waals surface area (Å²) in [5.74, 6) is 1.60. The average Bonchev–Trinajstić information content (AvgIpc) is 3.30. The topological polar surface area (TPSA) is 142 Å². The second kappa shape index (κ2) is 11.6. The van der Waals surface area contributed by atoms with Gasteiger partial charge in [-0.2, -0.15) is 4.80 Å². The van der Waals surface area contributed by atoms with Crippen LogP contribution >= 0.6 is 11.9 Å². The first kappa shape index (κ1) is 23.7. The van der Waals surface area contributed by atoms with Crippen LogP contribution in [0.4, 0.5) is 4.79 Å². The van der Waals surface area contributed by atoms with Crippen LogP contribution in [0.1, 0.15) is 6.92 Å². The van der Waals surface area contributed by atoms with Crippen LogP contribution in [-0.4, -0.2) is 53.0 Å². The zero-order valence-electron chi connectivity index (χ0n) is 18.2. The third-order valence-electron chi connectivity index (χ3n) is 4.09. The first-order valence-electron chi connectivity index (χ1n) is 9.77.